The smallest absolute Gasteiger partial charge is 0.177 e. The molecule has 1 saturated carbocycles. The van der Waals surface area contributed by atoms with E-state index in [2.05, 4.69) is 11.6 Å². The maximum Gasteiger partial charge on any atom is 0.177 e. The molecule has 0 amide bonds. The van der Waals surface area contributed by atoms with Crippen molar-refractivity contribution in [3.8, 4) is 0 Å². The maximum atomic E-state index is 11.8. The molecule has 1 N–H and O–H groups in total. The Bertz CT molecular complexity index is 634. The number of carbonyl (C=O) groups is 1. The first-order valence-corrected chi connectivity index (χ1v) is 9.53. The van der Waals surface area contributed by atoms with E-state index in [1.54, 1.807) is 23.9 Å². The summed E-state index contributed by atoms with van der Waals surface area (Å²) < 4.78 is 23.9. The van der Waals surface area contributed by atoms with Gasteiger partial charge in [0, 0.05) is 23.1 Å². The number of hydrogen-bond acceptors (Lipinski definition) is 5. The molecule has 1 aliphatic carbocycles. The van der Waals surface area contributed by atoms with Crippen molar-refractivity contribution in [3.05, 3.63) is 23.8 Å². The van der Waals surface area contributed by atoms with Crippen molar-refractivity contribution in [3.63, 3.8) is 0 Å². The first kappa shape index (κ1) is 15.4. The van der Waals surface area contributed by atoms with Crippen LogP contribution >= 0.6 is 11.8 Å². The second-order valence-electron chi connectivity index (χ2n) is 5.28. The molecule has 2 rings (SSSR count). The van der Waals surface area contributed by atoms with Crippen LogP contribution < -0.4 is 5.32 Å². The van der Waals surface area contributed by atoms with Crippen molar-refractivity contribution < 1.29 is 13.2 Å². The predicted molar refractivity (Wildman–Crippen MR) is 83.5 cm³/mol. The van der Waals surface area contributed by atoms with Gasteiger partial charge in [-0.15, -0.1) is 0 Å². The highest BCUT2D eigenvalue weighted by Gasteiger charge is 2.41. The minimum Gasteiger partial charge on any atom is -0.383 e. The van der Waals surface area contributed by atoms with E-state index in [1.807, 2.05) is 0 Å². The van der Waals surface area contributed by atoms with E-state index in [9.17, 15) is 13.2 Å². The lowest BCUT2D eigenvalue weighted by Crippen LogP contribution is -2.19. The number of thioether (sulfide) groups is 1. The van der Waals surface area contributed by atoms with Crippen LogP contribution in [-0.4, -0.2) is 38.0 Å². The molecule has 0 bridgehead atoms. The Morgan fingerprint density at radius 1 is 1.40 bits per heavy atom. The third-order valence-electron chi connectivity index (χ3n) is 3.63. The molecule has 1 aromatic carbocycles. The van der Waals surface area contributed by atoms with Gasteiger partial charge in [-0.25, -0.2) is 8.42 Å². The van der Waals surface area contributed by atoms with Crippen LogP contribution in [-0.2, 0) is 9.84 Å². The Labute approximate surface area is 124 Å². The van der Waals surface area contributed by atoms with Crippen molar-refractivity contribution in [2.75, 3.05) is 24.4 Å². The summed E-state index contributed by atoms with van der Waals surface area (Å²) in [7, 11) is -3.31. The largest absolute Gasteiger partial charge is 0.383 e. The van der Waals surface area contributed by atoms with Crippen LogP contribution in [0.2, 0.25) is 0 Å². The molecule has 0 unspecified atom stereocenters. The molecule has 1 aromatic rings. The average Bonchev–Trinajstić information content (AvgIpc) is 3.15. The van der Waals surface area contributed by atoms with Crippen molar-refractivity contribution in [2.45, 2.75) is 29.4 Å². The van der Waals surface area contributed by atoms with Gasteiger partial charge in [-0.3, -0.25) is 4.79 Å². The highest BCUT2D eigenvalue weighted by molar-refractivity contribution is 8.00. The Balaban J connectivity index is 2.32. The summed E-state index contributed by atoms with van der Waals surface area (Å²) in [5, 5.41) is 3.22. The van der Waals surface area contributed by atoms with Crippen LogP contribution in [0, 0.1) is 0 Å². The lowest BCUT2D eigenvalue weighted by molar-refractivity contribution is 0.101. The standard InChI is InChI=1S/C14H19NO3S2/c1-10(16)11-4-5-13(20(3,17)18)12(8-11)15-9-14(19-2)6-7-14/h4-5,8,15H,6-7,9H2,1-3H3. The molecule has 1 fully saturated rings. The Kier molecular flexibility index (Phi) is 4.16. The van der Waals surface area contributed by atoms with E-state index in [0.717, 1.165) is 19.4 Å². The molecule has 0 radical (unpaired) electrons. The molecular formula is C14H19NO3S2. The lowest BCUT2D eigenvalue weighted by atomic mass is 10.1. The van der Waals surface area contributed by atoms with Gasteiger partial charge in [0.2, 0.25) is 0 Å². The van der Waals surface area contributed by atoms with Crippen LogP contribution in [0.25, 0.3) is 0 Å². The molecule has 4 nitrogen and oxygen atoms in total. The summed E-state index contributed by atoms with van der Waals surface area (Å²) in [6.07, 6.45) is 5.53. The number of rotatable bonds is 6. The van der Waals surface area contributed by atoms with Gasteiger partial charge in [0.05, 0.1) is 10.6 Å². The summed E-state index contributed by atoms with van der Waals surface area (Å²) in [4.78, 5) is 11.7. The molecule has 0 aliphatic heterocycles. The van der Waals surface area contributed by atoms with E-state index in [-0.39, 0.29) is 15.4 Å². The van der Waals surface area contributed by atoms with Gasteiger partial charge in [-0.2, -0.15) is 11.8 Å². The molecule has 6 heteroatoms. The third kappa shape index (κ3) is 3.35. The quantitative estimate of drug-likeness (QED) is 0.818. The number of anilines is 1. The molecule has 0 aromatic heterocycles. The monoisotopic (exact) mass is 313 g/mol. The number of carbonyl (C=O) groups excluding carboxylic acids is 1. The third-order valence-corrected chi connectivity index (χ3v) is 6.20. The fraction of sp³-hybridized carbons (Fsp3) is 0.500. The number of hydrogen-bond donors (Lipinski definition) is 1. The van der Waals surface area contributed by atoms with E-state index in [0.29, 0.717) is 11.3 Å². The first-order chi connectivity index (χ1) is 9.27. The van der Waals surface area contributed by atoms with Gasteiger partial charge in [0.15, 0.2) is 15.6 Å². The van der Waals surface area contributed by atoms with Crippen molar-refractivity contribution in [2.24, 2.45) is 0 Å². The summed E-state index contributed by atoms with van der Waals surface area (Å²) >= 11 is 1.80. The van der Waals surface area contributed by atoms with E-state index < -0.39 is 9.84 Å². The topological polar surface area (TPSA) is 63.2 Å². The molecule has 110 valence electrons. The Morgan fingerprint density at radius 3 is 2.50 bits per heavy atom. The van der Waals surface area contributed by atoms with Gasteiger partial charge < -0.3 is 5.32 Å². The van der Waals surface area contributed by atoms with Crippen molar-refractivity contribution >= 4 is 33.1 Å². The van der Waals surface area contributed by atoms with Gasteiger partial charge >= 0.3 is 0 Å². The second kappa shape index (κ2) is 5.41. The fourth-order valence-electron chi connectivity index (χ4n) is 2.06. The van der Waals surface area contributed by atoms with Crippen LogP contribution in [0.15, 0.2) is 23.1 Å². The van der Waals surface area contributed by atoms with Crippen LogP contribution in [0.3, 0.4) is 0 Å². The molecule has 0 saturated heterocycles. The highest BCUT2D eigenvalue weighted by atomic mass is 32.2. The number of ketones is 1. The molecule has 0 heterocycles. The average molecular weight is 313 g/mol. The molecular weight excluding hydrogens is 294 g/mol. The maximum absolute atomic E-state index is 11.8. The zero-order valence-corrected chi connectivity index (χ0v) is 13.5. The van der Waals surface area contributed by atoms with Gasteiger partial charge in [0.1, 0.15) is 0 Å². The number of sulfone groups is 1. The normalized spacial score (nSPS) is 16.8. The van der Waals surface area contributed by atoms with Crippen molar-refractivity contribution in [1.82, 2.24) is 0 Å². The summed E-state index contributed by atoms with van der Waals surface area (Å²) in [5.41, 5.74) is 1.05. The number of Topliss-reactive ketones (excluding diaryl/α,β-unsaturated/α-hetero) is 1. The van der Waals surface area contributed by atoms with Crippen LogP contribution in [0.4, 0.5) is 5.69 Å². The second-order valence-corrected chi connectivity index (χ2v) is 8.54. The van der Waals surface area contributed by atoms with E-state index in [4.69, 9.17) is 0 Å². The Morgan fingerprint density at radius 2 is 2.05 bits per heavy atom. The van der Waals surface area contributed by atoms with E-state index in [1.165, 1.54) is 19.2 Å². The molecule has 20 heavy (non-hydrogen) atoms. The molecule has 0 atom stereocenters. The molecule has 0 spiro atoms. The SMILES string of the molecule is CSC1(CNc2cc(C(C)=O)ccc2S(C)(=O)=O)CC1. The van der Waals surface area contributed by atoms with Gasteiger partial charge in [-0.05, 0) is 44.2 Å². The van der Waals surface area contributed by atoms with Crippen LogP contribution in [0.5, 0.6) is 0 Å². The zero-order chi connectivity index (χ0) is 15.0. The summed E-state index contributed by atoms with van der Waals surface area (Å²) in [6.45, 7) is 2.20. The first-order valence-electron chi connectivity index (χ1n) is 6.41. The highest BCUT2D eigenvalue weighted by Crippen LogP contribution is 2.47. The van der Waals surface area contributed by atoms with Gasteiger partial charge in [-0.1, -0.05) is 0 Å². The predicted octanol–water partition coefficient (Wildman–Crippen LogP) is 2.60. The minimum atomic E-state index is -3.31. The molecule has 1 aliphatic rings. The minimum absolute atomic E-state index is 0.0703. The fourth-order valence-corrected chi connectivity index (χ4v) is 3.63. The zero-order valence-electron chi connectivity index (χ0n) is 11.9. The number of nitrogens with one attached hydrogen (secondary N) is 1. The number of benzene rings is 1. The van der Waals surface area contributed by atoms with Crippen molar-refractivity contribution in [1.29, 1.82) is 0 Å². The Hall–Kier alpha value is -1.01. The van der Waals surface area contributed by atoms with E-state index >= 15 is 0 Å². The van der Waals surface area contributed by atoms with Gasteiger partial charge in [0.25, 0.3) is 0 Å². The van der Waals surface area contributed by atoms with Crippen LogP contribution in [0.1, 0.15) is 30.1 Å². The lowest BCUT2D eigenvalue weighted by Gasteiger charge is -2.17. The summed E-state index contributed by atoms with van der Waals surface area (Å²) in [5.74, 6) is -0.0703. The summed E-state index contributed by atoms with van der Waals surface area (Å²) in [6, 6.07) is 4.70.